The standard InChI is InChI=1S/C12H12IN5OS/c1-2-7-18-12(15-16-17-18)20-8-11(19)14-10-5-3-9(13)4-6-10/h2-6H,1,7-8H2,(H,14,19). The minimum Gasteiger partial charge on any atom is -0.325 e. The Balaban J connectivity index is 1.87. The lowest BCUT2D eigenvalue weighted by Gasteiger charge is -2.05. The number of hydrogen-bond acceptors (Lipinski definition) is 5. The summed E-state index contributed by atoms with van der Waals surface area (Å²) in [4.78, 5) is 11.8. The highest BCUT2D eigenvalue weighted by Crippen LogP contribution is 2.15. The lowest BCUT2D eigenvalue weighted by atomic mass is 10.3. The molecule has 1 heterocycles. The van der Waals surface area contributed by atoms with Crippen molar-refractivity contribution in [2.75, 3.05) is 11.1 Å². The maximum absolute atomic E-state index is 11.8. The van der Waals surface area contributed by atoms with E-state index in [1.807, 2.05) is 24.3 Å². The topological polar surface area (TPSA) is 72.7 Å². The SMILES string of the molecule is C=CCn1nnnc1SCC(=O)Nc1ccc(I)cc1. The van der Waals surface area contributed by atoms with Crippen LogP contribution in [0.25, 0.3) is 0 Å². The van der Waals surface area contributed by atoms with Gasteiger partial charge >= 0.3 is 0 Å². The van der Waals surface area contributed by atoms with E-state index in [-0.39, 0.29) is 11.7 Å². The second-order valence-electron chi connectivity index (χ2n) is 3.78. The first-order valence-electron chi connectivity index (χ1n) is 5.74. The third kappa shape index (κ3) is 4.30. The Labute approximate surface area is 134 Å². The van der Waals surface area contributed by atoms with E-state index < -0.39 is 0 Å². The zero-order chi connectivity index (χ0) is 14.4. The van der Waals surface area contributed by atoms with Crippen LogP contribution in [0.3, 0.4) is 0 Å². The quantitative estimate of drug-likeness (QED) is 0.457. The summed E-state index contributed by atoms with van der Waals surface area (Å²) < 4.78 is 2.72. The number of thioether (sulfide) groups is 1. The number of carbonyl (C=O) groups is 1. The number of aromatic nitrogens is 4. The maximum atomic E-state index is 11.8. The van der Waals surface area contributed by atoms with Gasteiger partial charge in [0.05, 0.1) is 12.3 Å². The van der Waals surface area contributed by atoms with Crippen LogP contribution in [0, 0.1) is 3.57 Å². The maximum Gasteiger partial charge on any atom is 0.234 e. The molecule has 104 valence electrons. The number of allylic oxidation sites excluding steroid dienone is 1. The van der Waals surface area contributed by atoms with E-state index in [0.29, 0.717) is 11.7 Å². The highest BCUT2D eigenvalue weighted by molar-refractivity contribution is 14.1. The van der Waals surface area contributed by atoms with Crippen LogP contribution in [0.2, 0.25) is 0 Å². The van der Waals surface area contributed by atoms with E-state index in [2.05, 4.69) is 50.0 Å². The van der Waals surface area contributed by atoms with Gasteiger partial charge in [0.2, 0.25) is 11.1 Å². The summed E-state index contributed by atoms with van der Waals surface area (Å²) in [6, 6.07) is 7.61. The number of amides is 1. The zero-order valence-corrected chi connectivity index (χ0v) is 13.5. The number of hydrogen-bond donors (Lipinski definition) is 1. The van der Waals surface area contributed by atoms with Gasteiger partial charge in [-0.15, -0.1) is 11.7 Å². The van der Waals surface area contributed by atoms with Gasteiger partial charge in [0, 0.05) is 9.26 Å². The first-order chi connectivity index (χ1) is 9.69. The summed E-state index contributed by atoms with van der Waals surface area (Å²) in [6.45, 7) is 4.15. The van der Waals surface area contributed by atoms with Gasteiger partial charge in [-0.1, -0.05) is 17.8 Å². The Kier molecular flexibility index (Phi) is 5.53. The van der Waals surface area contributed by atoms with Crippen LogP contribution in [0.5, 0.6) is 0 Å². The van der Waals surface area contributed by atoms with E-state index in [9.17, 15) is 4.79 Å². The molecule has 8 heteroatoms. The molecule has 0 atom stereocenters. The van der Waals surface area contributed by atoms with Crippen molar-refractivity contribution in [1.29, 1.82) is 0 Å². The van der Waals surface area contributed by atoms with Crippen molar-refractivity contribution in [3.05, 3.63) is 40.5 Å². The highest BCUT2D eigenvalue weighted by Gasteiger charge is 2.09. The molecule has 0 aliphatic heterocycles. The fourth-order valence-corrected chi connectivity index (χ4v) is 2.44. The molecule has 0 saturated heterocycles. The molecule has 2 aromatic rings. The minimum atomic E-state index is -0.0932. The van der Waals surface area contributed by atoms with Gasteiger partial charge in [0.15, 0.2) is 0 Å². The third-order valence-corrected chi connectivity index (χ3v) is 3.94. The Hall–Kier alpha value is -1.42. The predicted octanol–water partition coefficient (Wildman–Crippen LogP) is 2.19. The van der Waals surface area contributed by atoms with Crippen LogP contribution >= 0.6 is 34.4 Å². The fourth-order valence-electron chi connectivity index (χ4n) is 1.40. The molecule has 0 aliphatic rings. The van der Waals surface area contributed by atoms with E-state index in [4.69, 9.17) is 0 Å². The van der Waals surface area contributed by atoms with Crippen molar-refractivity contribution in [2.45, 2.75) is 11.7 Å². The van der Waals surface area contributed by atoms with Gasteiger partial charge < -0.3 is 5.32 Å². The largest absolute Gasteiger partial charge is 0.325 e. The number of rotatable bonds is 6. The van der Waals surface area contributed by atoms with Gasteiger partial charge in [0.25, 0.3) is 0 Å². The van der Waals surface area contributed by atoms with Crippen LogP contribution in [0.4, 0.5) is 5.69 Å². The van der Waals surface area contributed by atoms with Crippen molar-refractivity contribution in [2.24, 2.45) is 0 Å². The summed E-state index contributed by atoms with van der Waals surface area (Å²) >= 11 is 3.51. The highest BCUT2D eigenvalue weighted by atomic mass is 127. The van der Waals surface area contributed by atoms with Crippen molar-refractivity contribution in [3.63, 3.8) is 0 Å². The van der Waals surface area contributed by atoms with Gasteiger partial charge in [-0.2, -0.15) is 0 Å². The average molecular weight is 401 g/mol. The van der Waals surface area contributed by atoms with E-state index in [1.54, 1.807) is 10.8 Å². The molecule has 0 radical (unpaired) electrons. The van der Waals surface area contributed by atoms with Crippen molar-refractivity contribution in [3.8, 4) is 0 Å². The lowest BCUT2D eigenvalue weighted by Crippen LogP contribution is -2.14. The number of anilines is 1. The fraction of sp³-hybridized carbons (Fsp3) is 0.167. The second kappa shape index (κ2) is 7.39. The lowest BCUT2D eigenvalue weighted by molar-refractivity contribution is -0.113. The molecule has 1 aromatic carbocycles. The molecule has 0 spiro atoms. The summed E-state index contributed by atoms with van der Waals surface area (Å²) in [5.41, 5.74) is 0.779. The molecule has 0 fully saturated rings. The molecule has 0 bridgehead atoms. The van der Waals surface area contributed by atoms with Gasteiger partial charge in [-0.3, -0.25) is 4.79 Å². The van der Waals surface area contributed by atoms with Crippen molar-refractivity contribution in [1.82, 2.24) is 20.2 Å². The van der Waals surface area contributed by atoms with Crippen LogP contribution in [0.15, 0.2) is 42.1 Å². The molecule has 1 N–H and O–H groups in total. The summed E-state index contributed by atoms with van der Waals surface area (Å²) in [6.07, 6.45) is 1.70. The smallest absolute Gasteiger partial charge is 0.234 e. The molecule has 0 saturated carbocycles. The first-order valence-corrected chi connectivity index (χ1v) is 7.81. The monoisotopic (exact) mass is 401 g/mol. The van der Waals surface area contributed by atoms with Gasteiger partial charge in [0.1, 0.15) is 0 Å². The van der Waals surface area contributed by atoms with Crippen molar-refractivity contribution >= 4 is 45.9 Å². The molecule has 6 nitrogen and oxygen atoms in total. The minimum absolute atomic E-state index is 0.0932. The zero-order valence-electron chi connectivity index (χ0n) is 10.5. The van der Waals surface area contributed by atoms with Gasteiger partial charge in [-0.05, 0) is 57.3 Å². The number of nitrogens with one attached hydrogen (secondary N) is 1. The molecule has 1 amide bonds. The molecule has 0 unspecified atom stereocenters. The number of tetrazole rings is 1. The van der Waals surface area contributed by atoms with E-state index in [0.717, 1.165) is 9.26 Å². The van der Waals surface area contributed by atoms with Crippen LogP contribution < -0.4 is 5.32 Å². The van der Waals surface area contributed by atoms with E-state index in [1.165, 1.54) is 11.8 Å². The van der Waals surface area contributed by atoms with Crippen LogP contribution in [0.1, 0.15) is 0 Å². The molecular formula is C12H12IN5OS. The Bertz CT molecular complexity index is 598. The molecule has 0 aliphatic carbocycles. The summed E-state index contributed by atoms with van der Waals surface area (Å²) in [5, 5.41) is 14.7. The Morgan fingerprint density at radius 1 is 1.45 bits per heavy atom. The number of halogens is 1. The predicted molar refractivity (Wildman–Crippen MR) is 86.5 cm³/mol. The number of carbonyl (C=O) groups excluding carboxylic acids is 1. The van der Waals surface area contributed by atoms with Crippen LogP contribution in [-0.2, 0) is 11.3 Å². The van der Waals surface area contributed by atoms with Crippen LogP contribution in [-0.4, -0.2) is 31.9 Å². The normalized spacial score (nSPS) is 10.2. The molecule has 2 rings (SSSR count). The number of benzene rings is 1. The molecule has 1 aromatic heterocycles. The molecule has 20 heavy (non-hydrogen) atoms. The third-order valence-electron chi connectivity index (χ3n) is 2.26. The first kappa shape index (κ1) is 15.0. The van der Waals surface area contributed by atoms with Crippen molar-refractivity contribution < 1.29 is 4.79 Å². The summed E-state index contributed by atoms with van der Waals surface area (Å²) in [5.74, 6) is 0.160. The Morgan fingerprint density at radius 3 is 2.90 bits per heavy atom. The average Bonchev–Trinajstić information content (AvgIpc) is 2.87. The second-order valence-corrected chi connectivity index (χ2v) is 5.96. The molecular weight excluding hydrogens is 389 g/mol. The Morgan fingerprint density at radius 2 is 2.20 bits per heavy atom. The number of nitrogens with zero attached hydrogens (tertiary/aromatic N) is 4. The summed E-state index contributed by atoms with van der Waals surface area (Å²) in [7, 11) is 0. The van der Waals surface area contributed by atoms with E-state index >= 15 is 0 Å². The van der Waals surface area contributed by atoms with Gasteiger partial charge in [-0.25, -0.2) is 4.68 Å².